The molecule has 2 atom stereocenters. The molecule has 4 nitrogen and oxygen atoms in total. The number of amides is 1. The van der Waals surface area contributed by atoms with Gasteiger partial charge in [-0.25, -0.2) is 0 Å². The van der Waals surface area contributed by atoms with Crippen molar-refractivity contribution in [3.8, 4) is 0 Å². The van der Waals surface area contributed by atoms with Crippen molar-refractivity contribution in [3.05, 3.63) is 21.9 Å². The van der Waals surface area contributed by atoms with Gasteiger partial charge >= 0.3 is 0 Å². The molecule has 3 aliphatic heterocycles. The standard InChI is InChI=1S/C24H37N3OS/c1-3-25-17-21-23(8-9-24(21,18-25)22(28)27-12-4-5-13-27)10-14-26(15-11-23)16-20-7-6-19(2)29-20/h6-7,21H,3-5,8-18H2,1-2H3/t21-,24+/m0/s1. The number of fused-ring (bicyclic) bond motifs is 2. The summed E-state index contributed by atoms with van der Waals surface area (Å²) in [5.41, 5.74) is 0.328. The van der Waals surface area contributed by atoms with Gasteiger partial charge in [0.2, 0.25) is 5.91 Å². The van der Waals surface area contributed by atoms with Crippen molar-refractivity contribution in [2.45, 2.75) is 58.9 Å². The van der Waals surface area contributed by atoms with Gasteiger partial charge in [0.05, 0.1) is 5.41 Å². The van der Waals surface area contributed by atoms with E-state index in [9.17, 15) is 4.79 Å². The van der Waals surface area contributed by atoms with Gasteiger partial charge in [0.1, 0.15) is 0 Å². The second-order valence-corrected chi connectivity index (χ2v) is 11.6. The number of piperidine rings is 1. The predicted octanol–water partition coefficient (Wildman–Crippen LogP) is 3.99. The van der Waals surface area contributed by atoms with E-state index in [-0.39, 0.29) is 5.41 Å². The average Bonchev–Trinajstić information content (AvgIpc) is 3.50. The van der Waals surface area contributed by atoms with E-state index in [1.807, 2.05) is 11.3 Å². The lowest BCUT2D eigenvalue weighted by molar-refractivity contribution is -0.143. The Balaban J connectivity index is 1.32. The Morgan fingerprint density at radius 2 is 1.83 bits per heavy atom. The van der Waals surface area contributed by atoms with Gasteiger partial charge in [0, 0.05) is 42.5 Å². The van der Waals surface area contributed by atoms with Crippen molar-refractivity contribution in [2.75, 3.05) is 45.8 Å². The molecular weight excluding hydrogens is 378 g/mol. The van der Waals surface area contributed by atoms with Crippen molar-refractivity contribution in [1.29, 1.82) is 0 Å². The summed E-state index contributed by atoms with van der Waals surface area (Å²) in [6, 6.07) is 4.55. The molecule has 0 aromatic carbocycles. The maximum atomic E-state index is 13.7. The van der Waals surface area contributed by atoms with Crippen molar-refractivity contribution in [2.24, 2.45) is 16.7 Å². The van der Waals surface area contributed by atoms with E-state index in [1.165, 1.54) is 54.9 Å². The molecule has 1 aromatic heterocycles. The number of carbonyl (C=O) groups is 1. The first-order valence-electron chi connectivity index (χ1n) is 11.8. The third-order valence-electron chi connectivity index (χ3n) is 8.72. The number of hydrogen-bond donors (Lipinski definition) is 0. The Morgan fingerprint density at radius 1 is 1.07 bits per heavy atom. The molecular formula is C24H37N3OS. The van der Waals surface area contributed by atoms with Crippen LogP contribution in [0, 0.1) is 23.7 Å². The van der Waals surface area contributed by atoms with E-state index in [1.54, 1.807) is 0 Å². The third kappa shape index (κ3) is 3.37. The zero-order valence-corrected chi connectivity index (χ0v) is 19.1. The summed E-state index contributed by atoms with van der Waals surface area (Å²) < 4.78 is 0. The topological polar surface area (TPSA) is 26.8 Å². The molecule has 1 saturated carbocycles. The van der Waals surface area contributed by atoms with Gasteiger partial charge in [-0.3, -0.25) is 9.69 Å². The fourth-order valence-electron chi connectivity index (χ4n) is 7.03. The molecule has 0 unspecified atom stereocenters. The summed E-state index contributed by atoms with van der Waals surface area (Å²) in [7, 11) is 0. The molecule has 1 aromatic rings. The summed E-state index contributed by atoms with van der Waals surface area (Å²) >= 11 is 1.94. The Bertz CT molecular complexity index is 747. The van der Waals surface area contributed by atoms with Crippen molar-refractivity contribution in [3.63, 3.8) is 0 Å². The fourth-order valence-corrected chi connectivity index (χ4v) is 7.96. The minimum Gasteiger partial charge on any atom is -0.342 e. The monoisotopic (exact) mass is 415 g/mol. The van der Waals surface area contributed by atoms with Crippen LogP contribution in [0.1, 0.15) is 55.2 Å². The second kappa shape index (κ2) is 7.65. The average molecular weight is 416 g/mol. The van der Waals surface area contributed by atoms with Gasteiger partial charge in [-0.05, 0) is 88.5 Å². The molecule has 4 fully saturated rings. The van der Waals surface area contributed by atoms with Crippen LogP contribution in [0.4, 0.5) is 0 Å². The summed E-state index contributed by atoms with van der Waals surface area (Å²) in [5.74, 6) is 1.10. The normalized spacial score (nSPS) is 32.3. The van der Waals surface area contributed by atoms with Gasteiger partial charge in [-0.2, -0.15) is 0 Å². The lowest BCUT2D eigenvalue weighted by Gasteiger charge is -2.45. The zero-order chi connectivity index (χ0) is 20.1. The summed E-state index contributed by atoms with van der Waals surface area (Å²) in [4.78, 5) is 24.1. The SMILES string of the molecule is CCN1C[C@H]2C3(CCN(Cc4ccc(C)s4)CC3)CC[C@@]2(C(=O)N2CCCC2)C1. The van der Waals surface area contributed by atoms with Gasteiger partial charge in [-0.15, -0.1) is 11.3 Å². The van der Waals surface area contributed by atoms with Crippen LogP contribution >= 0.6 is 11.3 Å². The van der Waals surface area contributed by atoms with Crippen LogP contribution in [0.15, 0.2) is 12.1 Å². The van der Waals surface area contributed by atoms with Gasteiger partial charge in [-0.1, -0.05) is 6.92 Å². The third-order valence-corrected chi connectivity index (χ3v) is 9.70. The molecule has 0 radical (unpaired) electrons. The van der Waals surface area contributed by atoms with E-state index in [2.05, 4.69) is 40.7 Å². The number of nitrogens with zero attached hydrogens (tertiary/aromatic N) is 3. The van der Waals surface area contributed by atoms with Crippen LogP contribution in [0.3, 0.4) is 0 Å². The molecule has 1 spiro atoms. The quantitative estimate of drug-likeness (QED) is 0.744. The molecule has 4 heterocycles. The number of carbonyl (C=O) groups excluding carboxylic acids is 1. The first-order chi connectivity index (χ1) is 14.0. The highest BCUT2D eigenvalue weighted by Crippen LogP contribution is 2.62. The number of thiophene rings is 1. The van der Waals surface area contributed by atoms with E-state index < -0.39 is 0 Å². The molecule has 5 rings (SSSR count). The maximum Gasteiger partial charge on any atom is 0.230 e. The van der Waals surface area contributed by atoms with Gasteiger partial charge in [0.15, 0.2) is 0 Å². The van der Waals surface area contributed by atoms with Gasteiger partial charge < -0.3 is 9.80 Å². The van der Waals surface area contributed by atoms with E-state index in [0.29, 0.717) is 17.2 Å². The highest BCUT2D eigenvalue weighted by molar-refractivity contribution is 7.11. The first-order valence-corrected chi connectivity index (χ1v) is 12.7. The minimum absolute atomic E-state index is 0.0760. The highest BCUT2D eigenvalue weighted by Gasteiger charge is 2.64. The highest BCUT2D eigenvalue weighted by atomic mass is 32.1. The molecule has 3 saturated heterocycles. The maximum absolute atomic E-state index is 13.7. The molecule has 1 aliphatic carbocycles. The van der Waals surface area contributed by atoms with Crippen molar-refractivity contribution >= 4 is 17.2 Å². The number of hydrogen-bond acceptors (Lipinski definition) is 4. The largest absolute Gasteiger partial charge is 0.342 e. The summed E-state index contributed by atoms with van der Waals surface area (Å²) in [5, 5.41) is 0. The Morgan fingerprint density at radius 3 is 2.48 bits per heavy atom. The molecule has 0 N–H and O–H groups in total. The van der Waals surface area contributed by atoms with Crippen LogP contribution in [0.25, 0.3) is 0 Å². The van der Waals surface area contributed by atoms with E-state index >= 15 is 0 Å². The Hall–Kier alpha value is -0.910. The molecule has 29 heavy (non-hydrogen) atoms. The smallest absolute Gasteiger partial charge is 0.230 e. The van der Waals surface area contributed by atoms with Crippen molar-refractivity contribution < 1.29 is 4.79 Å². The number of rotatable bonds is 4. The van der Waals surface area contributed by atoms with E-state index in [4.69, 9.17) is 0 Å². The van der Waals surface area contributed by atoms with Crippen molar-refractivity contribution in [1.82, 2.24) is 14.7 Å². The number of likely N-dealkylation sites (tertiary alicyclic amines) is 3. The molecule has 4 aliphatic rings. The predicted molar refractivity (Wildman–Crippen MR) is 119 cm³/mol. The second-order valence-electron chi connectivity index (χ2n) is 10.2. The summed E-state index contributed by atoms with van der Waals surface area (Å²) in [6.45, 7) is 13.2. The summed E-state index contributed by atoms with van der Waals surface area (Å²) in [6.07, 6.45) is 7.39. The van der Waals surface area contributed by atoms with Crippen LogP contribution in [-0.4, -0.2) is 66.4 Å². The molecule has 0 bridgehead atoms. The van der Waals surface area contributed by atoms with Crippen LogP contribution < -0.4 is 0 Å². The lowest BCUT2D eigenvalue weighted by atomic mass is 9.65. The fraction of sp³-hybridized carbons (Fsp3) is 0.792. The Kier molecular flexibility index (Phi) is 5.28. The van der Waals surface area contributed by atoms with Gasteiger partial charge in [0.25, 0.3) is 0 Å². The molecule has 160 valence electrons. The minimum atomic E-state index is -0.0760. The van der Waals surface area contributed by atoms with E-state index in [0.717, 1.165) is 45.7 Å². The number of aryl methyl sites for hydroxylation is 1. The molecule has 5 heteroatoms. The zero-order valence-electron chi connectivity index (χ0n) is 18.3. The molecule has 1 amide bonds. The lowest BCUT2D eigenvalue weighted by Crippen LogP contribution is -2.49. The van der Waals surface area contributed by atoms with Crippen LogP contribution in [-0.2, 0) is 11.3 Å². The Labute approximate surface area is 180 Å². The van der Waals surface area contributed by atoms with Crippen LogP contribution in [0.5, 0.6) is 0 Å². The van der Waals surface area contributed by atoms with Crippen LogP contribution in [0.2, 0.25) is 0 Å². The first kappa shape index (κ1) is 20.0.